The highest BCUT2D eigenvalue weighted by molar-refractivity contribution is 7.89. The Morgan fingerprint density at radius 3 is 2.43 bits per heavy atom. The van der Waals surface area contributed by atoms with Crippen molar-refractivity contribution < 1.29 is 13.2 Å². The van der Waals surface area contributed by atoms with Crippen LogP contribution in [0.15, 0.2) is 29.2 Å². The van der Waals surface area contributed by atoms with E-state index < -0.39 is 10.0 Å². The van der Waals surface area contributed by atoms with E-state index >= 15 is 0 Å². The molecule has 1 N–H and O–H groups in total. The van der Waals surface area contributed by atoms with Crippen LogP contribution in [0.25, 0.3) is 0 Å². The van der Waals surface area contributed by atoms with Gasteiger partial charge in [-0.05, 0) is 56.5 Å². The number of piperidine rings is 1. The summed E-state index contributed by atoms with van der Waals surface area (Å²) in [6.07, 6.45) is 2.19. The second kappa shape index (κ2) is 10.2. The summed E-state index contributed by atoms with van der Waals surface area (Å²) in [4.78, 5) is 17.3. The Morgan fingerprint density at radius 2 is 1.77 bits per heavy atom. The molecule has 0 spiro atoms. The van der Waals surface area contributed by atoms with Crippen molar-refractivity contribution >= 4 is 15.9 Å². The van der Waals surface area contributed by atoms with Crippen LogP contribution in [0.1, 0.15) is 37.0 Å². The zero-order valence-corrected chi connectivity index (χ0v) is 19.3. The van der Waals surface area contributed by atoms with Gasteiger partial charge in [-0.1, -0.05) is 19.9 Å². The topological polar surface area (TPSA) is 73.0 Å². The standard InChI is InChI=1S/C22H36N4O3S/c1-18-14-19(2)17-25(16-18)9-5-8-23-22(27)20-6-4-7-21(15-20)30(28,29)26-12-10-24(3)11-13-26/h4,6-7,15,18-19H,5,8-14,16-17H2,1-3H3,(H,23,27)/t18-,19-/m1/s1. The van der Waals surface area contributed by atoms with Gasteiger partial charge in [0.1, 0.15) is 0 Å². The van der Waals surface area contributed by atoms with Gasteiger partial charge in [-0.15, -0.1) is 0 Å². The fourth-order valence-corrected chi connectivity index (χ4v) is 6.03. The first-order valence-corrected chi connectivity index (χ1v) is 12.5. The minimum absolute atomic E-state index is 0.191. The Balaban J connectivity index is 1.52. The summed E-state index contributed by atoms with van der Waals surface area (Å²) in [6, 6.07) is 6.39. The van der Waals surface area contributed by atoms with Crippen LogP contribution in [0.5, 0.6) is 0 Å². The number of piperazine rings is 1. The molecular weight excluding hydrogens is 400 g/mol. The highest BCUT2D eigenvalue weighted by atomic mass is 32.2. The van der Waals surface area contributed by atoms with Gasteiger partial charge >= 0.3 is 0 Å². The largest absolute Gasteiger partial charge is 0.352 e. The average Bonchev–Trinajstić information content (AvgIpc) is 2.71. The van der Waals surface area contributed by atoms with E-state index in [0.717, 1.165) is 37.9 Å². The maximum absolute atomic E-state index is 12.9. The quantitative estimate of drug-likeness (QED) is 0.659. The molecule has 3 rings (SSSR count). The zero-order chi connectivity index (χ0) is 21.7. The predicted molar refractivity (Wildman–Crippen MR) is 119 cm³/mol. The zero-order valence-electron chi connectivity index (χ0n) is 18.5. The van der Waals surface area contributed by atoms with E-state index in [1.807, 2.05) is 7.05 Å². The van der Waals surface area contributed by atoms with Crippen LogP contribution in [0.3, 0.4) is 0 Å². The fourth-order valence-electron chi connectivity index (χ4n) is 4.56. The van der Waals surface area contributed by atoms with Crippen LogP contribution < -0.4 is 5.32 Å². The number of likely N-dealkylation sites (N-methyl/N-ethyl adjacent to an activating group) is 1. The maximum Gasteiger partial charge on any atom is 0.251 e. The molecule has 1 amide bonds. The molecule has 7 nitrogen and oxygen atoms in total. The minimum Gasteiger partial charge on any atom is -0.352 e. The summed E-state index contributed by atoms with van der Waals surface area (Å²) >= 11 is 0. The Bertz CT molecular complexity index is 811. The molecule has 1 aromatic carbocycles. The molecule has 0 aromatic heterocycles. The van der Waals surface area contributed by atoms with Crippen molar-refractivity contribution in [1.82, 2.24) is 19.4 Å². The summed E-state index contributed by atoms with van der Waals surface area (Å²) in [5.74, 6) is 1.24. The Kier molecular flexibility index (Phi) is 7.90. The molecule has 2 aliphatic rings. The van der Waals surface area contributed by atoms with Gasteiger partial charge in [0.2, 0.25) is 10.0 Å². The Hall–Kier alpha value is -1.48. The third-order valence-corrected chi connectivity index (χ3v) is 7.97. The van der Waals surface area contributed by atoms with Gasteiger partial charge < -0.3 is 15.1 Å². The van der Waals surface area contributed by atoms with E-state index in [1.165, 1.54) is 16.8 Å². The highest BCUT2D eigenvalue weighted by Gasteiger charge is 2.28. The number of likely N-dealkylation sites (tertiary alicyclic amines) is 1. The average molecular weight is 437 g/mol. The van der Waals surface area contributed by atoms with Crippen molar-refractivity contribution in [2.45, 2.75) is 31.6 Å². The van der Waals surface area contributed by atoms with E-state index in [1.54, 1.807) is 18.2 Å². The number of benzene rings is 1. The lowest BCUT2D eigenvalue weighted by atomic mass is 9.92. The molecule has 1 aromatic rings. The fraction of sp³-hybridized carbons (Fsp3) is 0.682. The van der Waals surface area contributed by atoms with Crippen molar-refractivity contribution in [1.29, 1.82) is 0 Å². The van der Waals surface area contributed by atoms with E-state index in [-0.39, 0.29) is 10.8 Å². The van der Waals surface area contributed by atoms with Gasteiger partial charge in [-0.2, -0.15) is 4.31 Å². The van der Waals surface area contributed by atoms with Crippen molar-refractivity contribution in [3.63, 3.8) is 0 Å². The van der Waals surface area contributed by atoms with Crippen LogP contribution in [0.2, 0.25) is 0 Å². The summed E-state index contributed by atoms with van der Waals surface area (Å²) < 4.78 is 27.4. The third-order valence-electron chi connectivity index (χ3n) is 6.08. The minimum atomic E-state index is -3.57. The number of nitrogens with zero attached hydrogens (tertiary/aromatic N) is 3. The Labute approximate surface area is 181 Å². The number of amides is 1. The molecule has 2 heterocycles. The number of carbonyl (C=O) groups excluding carboxylic acids is 1. The SMILES string of the molecule is C[C@@H]1C[C@@H](C)CN(CCCNC(=O)c2cccc(S(=O)(=O)N3CCN(C)CC3)c2)C1. The summed E-state index contributed by atoms with van der Waals surface area (Å²) in [6.45, 7) is 10.8. The van der Waals surface area contributed by atoms with Gasteiger partial charge in [-0.25, -0.2) is 8.42 Å². The first kappa shape index (κ1) is 23.2. The van der Waals surface area contributed by atoms with Crippen LogP contribution >= 0.6 is 0 Å². The van der Waals surface area contributed by atoms with Gasteiger partial charge in [0.05, 0.1) is 4.90 Å². The molecule has 0 unspecified atom stereocenters. The molecule has 0 radical (unpaired) electrons. The lowest BCUT2D eigenvalue weighted by molar-refractivity contribution is 0.0947. The van der Waals surface area contributed by atoms with Crippen LogP contribution in [-0.4, -0.2) is 87.8 Å². The predicted octanol–water partition coefficient (Wildman–Crippen LogP) is 1.72. The number of hydrogen-bond acceptors (Lipinski definition) is 5. The first-order valence-electron chi connectivity index (χ1n) is 11.0. The lowest BCUT2D eigenvalue weighted by Gasteiger charge is -2.34. The second-order valence-electron chi connectivity index (χ2n) is 9.05. The lowest BCUT2D eigenvalue weighted by Crippen LogP contribution is -2.47. The molecule has 0 bridgehead atoms. The monoisotopic (exact) mass is 436 g/mol. The molecule has 2 atom stereocenters. The van der Waals surface area contributed by atoms with Crippen LogP contribution in [0.4, 0.5) is 0 Å². The third kappa shape index (κ3) is 6.03. The van der Waals surface area contributed by atoms with Crippen molar-refractivity contribution in [2.24, 2.45) is 11.8 Å². The normalized spacial score (nSPS) is 24.6. The van der Waals surface area contributed by atoms with Crippen molar-refractivity contribution in [3.8, 4) is 0 Å². The van der Waals surface area contributed by atoms with Gasteiger partial charge in [0.15, 0.2) is 0 Å². The number of nitrogens with one attached hydrogen (secondary N) is 1. The maximum atomic E-state index is 12.9. The molecule has 2 saturated heterocycles. The van der Waals surface area contributed by atoms with Crippen molar-refractivity contribution in [3.05, 3.63) is 29.8 Å². The number of hydrogen-bond donors (Lipinski definition) is 1. The van der Waals surface area contributed by atoms with Crippen LogP contribution in [0, 0.1) is 11.8 Å². The number of carbonyl (C=O) groups is 1. The highest BCUT2D eigenvalue weighted by Crippen LogP contribution is 2.21. The molecule has 0 aliphatic carbocycles. The van der Waals surface area contributed by atoms with Gasteiger partial charge in [-0.3, -0.25) is 4.79 Å². The molecule has 2 fully saturated rings. The smallest absolute Gasteiger partial charge is 0.251 e. The van der Waals surface area contributed by atoms with E-state index in [0.29, 0.717) is 38.3 Å². The Morgan fingerprint density at radius 1 is 1.10 bits per heavy atom. The van der Waals surface area contributed by atoms with E-state index in [9.17, 15) is 13.2 Å². The molecule has 30 heavy (non-hydrogen) atoms. The van der Waals surface area contributed by atoms with E-state index in [2.05, 4.69) is 29.0 Å². The summed E-state index contributed by atoms with van der Waals surface area (Å²) in [5, 5.41) is 2.94. The van der Waals surface area contributed by atoms with Gasteiger partial charge in [0.25, 0.3) is 5.91 Å². The molecule has 168 valence electrons. The first-order chi connectivity index (χ1) is 14.3. The number of rotatable bonds is 7. The molecule has 2 aliphatic heterocycles. The van der Waals surface area contributed by atoms with Crippen molar-refractivity contribution in [2.75, 3.05) is 59.4 Å². The second-order valence-corrected chi connectivity index (χ2v) is 11.0. The molecule has 0 saturated carbocycles. The molecule has 8 heteroatoms. The number of sulfonamides is 1. The van der Waals surface area contributed by atoms with Crippen LogP contribution in [-0.2, 0) is 10.0 Å². The summed E-state index contributed by atoms with van der Waals surface area (Å²) in [5.41, 5.74) is 0.394. The molecular formula is C22H36N4O3S. The van der Waals surface area contributed by atoms with E-state index in [4.69, 9.17) is 0 Å². The van der Waals surface area contributed by atoms with Gasteiger partial charge in [0, 0.05) is 51.4 Å². The summed E-state index contributed by atoms with van der Waals surface area (Å²) in [7, 11) is -1.58.